The number of methoxy groups -OCH3 is 3. The van der Waals surface area contributed by atoms with Gasteiger partial charge < -0.3 is 14.2 Å². The second kappa shape index (κ2) is 6.78. The molecule has 0 aliphatic carbocycles. The van der Waals surface area contributed by atoms with Crippen molar-refractivity contribution in [3.05, 3.63) is 42.0 Å². The van der Waals surface area contributed by atoms with E-state index in [1.807, 2.05) is 0 Å². The van der Waals surface area contributed by atoms with Gasteiger partial charge in [-0.3, -0.25) is 4.72 Å². The molecule has 0 amide bonds. The Morgan fingerprint density at radius 2 is 1.43 bits per heavy atom. The first-order valence-electron chi connectivity index (χ1n) is 6.81. The lowest BCUT2D eigenvalue weighted by molar-refractivity contribution is 0.353. The molecule has 0 aromatic heterocycles. The Kier molecular flexibility index (Phi) is 5.00. The zero-order valence-corrected chi connectivity index (χ0v) is 14.2. The SMILES string of the molecule is COc1ccccc1NS(=O)(=O)c1cc(OC)c(OC)cc1C. The fraction of sp³-hybridized carbons (Fsp3) is 0.250. The van der Waals surface area contributed by atoms with E-state index in [2.05, 4.69) is 4.72 Å². The predicted octanol–water partition coefficient (Wildman–Crippen LogP) is 2.82. The molecule has 124 valence electrons. The average Bonchev–Trinajstić information content (AvgIpc) is 2.54. The van der Waals surface area contributed by atoms with Gasteiger partial charge in [-0.1, -0.05) is 12.1 Å². The van der Waals surface area contributed by atoms with E-state index in [1.165, 1.54) is 27.4 Å². The van der Waals surface area contributed by atoms with Crippen LogP contribution in [0.3, 0.4) is 0 Å². The molecule has 0 heterocycles. The quantitative estimate of drug-likeness (QED) is 0.877. The van der Waals surface area contributed by atoms with Crippen molar-refractivity contribution < 1.29 is 22.6 Å². The zero-order chi connectivity index (χ0) is 17.0. The number of hydrogen-bond acceptors (Lipinski definition) is 5. The number of anilines is 1. The standard InChI is InChI=1S/C16H19NO5S/c1-11-9-14(21-3)15(22-4)10-16(11)23(18,19)17-12-7-5-6-8-13(12)20-2/h5-10,17H,1-4H3. The van der Waals surface area contributed by atoms with Gasteiger partial charge in [0.1, 0.15) is 5.75 Å². The molecular formula is C16H19NO5S. The second-order valence-corrected chi connectivity index (χ2v) is 6.43. The van der Waals surface area contributed by atoms with Crippen LogP contribution < -0.4 is 18.9 Å². The Morgan fingerprint density at radius 3 is 2.04 bits per heavy atom. The van der Waals surface area contributed by atoms with Crippen LogP contribution in [0.5, 0.6) is 17.2 Å². The number of ether oxygens (including phenoxy) is 3. The number of benzene rings is 2. The highest BCUT2D eigenvalue weighted by Gasteiger charge is 2.21. The van der Waals surface area contributed by atoms with Gasteiger partial charge >= 0.3 is 0 Å². The molecule has 0 radical (unpaired) electrons. The summed E-state index contributed by atoms with van der Waals surface area (Å²) >= 11 is 0. The van der Waals surface area contributed by atoms with Crippen molar-refractivity contribution in [3.8, 4) is 17.2 Å². The molecule has 6 nitrogen and oxygen atoms in total. The molecule has 7 heteroatoms. The average molecular weight is 337 g/mol. The summed E-state index contributed by atoms with van der Waals surface area (Å²) in [7, 11) is 0.635. The molecule has 0 bridgehead atoms. The van der Waals surface area contributed by atoms with Crippen LogP contribution in [-0.4, -0.2) is 29.7 Å². The van der Waals surface area contributed by atoms with Crippen molar-refractivity contribution in [1.29, 1.82) is 0 Å². The van der Waals surface area contributed by atoms with E-state index in [0.717, 1.165) is 0 Å². The number of nitrogens with one attached hydrogen (secondary N) is 1. The third-order valence-electron chi connectivity index (χ3n) is 3.32. The minimum absolute atomic E-state index is 0.112. The Bertz CT molecular complexity index is 802. The third kappa shape index (κ3) is 3.50. The normalized spacial score (nSPS) is 11.0. The maximum Gasteiger partial charge on any atom is 0.262 e. The summed E-state index contributed by atoms with van der Waals surface area (Å²) in [6.07, 6.45) is 0. The second-order valence-electron chi connectivity index (χ2n) is 4.78. The van der Waals surface area contributed by atoms with Gasteiger partial charge in [0.05, 0.1) is 31.9 Å². The predicted molar refractivity (Wildman–Crippen MR) is 88.1 cm³/mol. The van der Waals surface area contributed by atoms with Crippen LogP contribution >= 0.6 is 0 Å². The molecule has 2 rings (SSSR count). The molecule has 0 fully saturated rings. The first kappa shape index (κ1) is 17.0. The molecule has 0 saturated carbocycles. The van der Waals surface area contributed by atoms with Crippen molar-refractivity contribution >= 4 is 15.7 Å². The van der Waals surface area contributed by atoms with E-state index < -0.39 is 10.0 Å². The molecular weight excluding hydrogens is 318 g/mol. The lowest BCUT2D eigenvalue weighted by Gasteiger charge is -2.15. The number of rotatable bonds is 6. The molecule has 0 spiro atoms. The molecule has 0 aliphatic rings. The van der Waals surface area contributed by atoms with Crippen LogP contribution in [0.4, 0.5) is 5.69 Å². The Labute approximate surface area is 136 Å². The van der Waals surface area contributed by atoms with Crippen molar-refractivity contribution in [2.75, 3.05) is 26.1 Å². The maximum absolute atomic E-state index is 12.7. The molecule has 2 aromatic carbocycles. The molecule has 0 saturated heterocycles. The molecule has 2 aromatic rings. The van der Waals surface area contributed by atoms with Gasteiger partial charge in [0.15, 0.2) is 11.5 Å². The van der Waals surface area contributed by atoms with Crippen LogP contribution in [0.25, 0.3) is 0 Å². The molecule has 1 N–H and O–H groups in total. The maximum atomic E-state index is 12.7. The van der Waals surface area contributed by atoms with Crippen LogP contribution in [-0.2, 0) is 10.0 Å². The molecule has 0 unspecified atom stereocenters. The van der Waals surface area contributed by atoms with Gasteiger partial charge in [-0.25, -0.2) is 8.42 Å². The van der Waals surface area contributed by atoms with Crippen molar-refractivity contribution in [2.24, 2.45) is 0 Å². The van der Waals surface area contributed by atoms with Gasteiger partial charge in [-0.15, -0.1) is 0 Å². The van der Waals surface area contributed by atoms with Crippen molar-refractivity contribution in [1.82, 2.24) is 0 Å². The van der Waals surface area contributed by atoms with Crippen LogP contribution in [0, 0.1) is 6.92 Å². The summed E-state index contributed by atoms with van der Waals surface area (Å²) in [4.78, 5) is 0.112. The smallest absolute Gasteiger partial charge is 0.262 e. The van der Waals surface area contributed by atoms with Gasteiger partial charge in [-0.05, 0) is 30.7 Å². The minimum atomic E-state index is -3.80. The Morgan fingerprint density at radius 1 is 0.870 bits per heavy atom. The van der Waals surface area contributed by atoms with E-state index in [0.29, 0.717) is 28.5 Å². The number of hydrogen-bond donors (Lipinski definition) is 1. The largest absolute Gasteiger partial charge is 0.495 e. The van der Waals surface area contributed by atoms with E-state index in [4.69, 9.17) is 14.2 Å². The number of para-hydroxylation sites is 2. The fourth-order valence-corrected chi connectivity index (χ4v) is 3.49. The number of aryl methyl sites for hydroxylation is 1. The molecule has 0 atom stereocenters. The summed E-state index contributed by atoms with van der Waals surface area (Å²) in [5.74, 6) is 1.26. The van der Waals surface area contributed by atoms with Gasteiger partial charge in [0, 0.05) is 6.07 Å². The van der Waals surface area contributed by atoms with Crippen LogP contribution in [0.1, 0.15) is 5.56 Å². The highest BCUT2D eigenvalue weighted by molar-refractivity contribution is 7.92. The summed E-state index contributed by atoms with van der Waals surface area (Å²) in [5, 5.41) is 0. The van der Waals surface area contributed by atoms with Crippen LogP contribution in [0.2, 0.25) is 0 Å². The highest BCUT2D eigenvalue weighted by atomic mass is 32.2. The minimum Gasteiger partial charge on any atom is -0.495 e. The molecule has 0 aliphatic heterocycles. The lowest BCUT2D eigenvalue weighted by Crippen LogP contribution is -2.15. The van der Waals surface area contributed by atoms with E-state index in [9.17, 15) is 8.42 Å². The summed E-state index contributed by atoms with van der Waals surface area (Å²) in [5.41, 5.74) is 0.911. The van der Waals surface area contributed by atoms with E-state index >= 15 is 0 Å². The Hall–Kier alpha value is -2.41. The van der Waals surface area contributed by atoms with Crippen molar-refractivity contribution in [3.63, 3.8) is 0 Å². The highest BCUT2D eigenvalue weighted by Crippen LogP contribution is 2.34. The first-order valence-corrected chi connectivity index (χ1v) is 8.29. The lowest BCUT2D eigenvalue weighted by atomic mass is 10.2. The summed E-state index contributed by atoms with van der Waals surface area (Å²) < 4.78 is 43.5. The summed E-state index contributed by atoms with van der Waals surface area (Å²) in [6, 6.07) is 9.85. The molecule has 23 heavy (non-hydrogen) atoms. The van der Waals surface area contributed by atoms with Gasteiger partial charge in [0.25, 0.3) is 10.0 Å². The number of sulfonamides is 1. The fourth-order valence-electron chi connectivity index (χ4n) is 2.18. The monoisotopic (exact) mass is 337 g/mol. The van der Waals surface area contributed by atoms with Crippen molar-refractivity contribution in [2.45, 2.75) is 11.8 Å². The van der Waals surface area contributed by atoms with Crippen LogP contribution in [0.15, 0.2) is 41.3 Å². The first-order chi connectivity index (χ1) is 10.9. The zero-order valence-electron chi connectivity index (χ0n) is 13.4. The Balaban J connectivity index is 2.48. The third-order valence-corrected chi connectivity index (χ3v) is 4.83. The van der Waals surface area contributed by atoms with E-state index in [-0.39, 0.29) is 4.90 Å². The van der Waals surface area contributed by atoms with Gasteiger partial charge in [-0.2, -0.15) is 0 Å². The van der Waals surface area contributed by atoms with Gasteiger partial charge in [0.2, 0.25) is 0 Å². The van der Waals surface area contributed by atoms with E-state index in [1.54, 1.807) is 37.3 Å². The summed E-state index contributed by atoms with van der Waals surface area (Å²) in [6.45, 7) is 1.69. The topological polar surface area (TPSA) is 73.9 Å².